The van der Waals surface area contributed by atoms with Crippen LogP contribution < -0.4 is 5.32 Å². The van der Waals surface area contributed by atoms with Crippen molar-refractivity contribution in [3.05, 3.63) is 42.2 Å². The number of nitrogens with one attached hydrogen (secondary N) is 1. The summed E-state index contributed by atoms with van der Waals surface area (Å²) in [5, 5.41) is 6.77. The maximum absolute atomic E-state index is 10.2. The number of nitrogens with zero attached hydrogens (tertiary/aromatic N) is 2. The fourth-order valence-corrected chi connectivity index (χ4v) is 1.33. The van der Waals surface area contributed by atoms with E-state index in [1.807, 2.05) is 37.4 Å². The Morgan fingerprint density at radius 1 is 1.33 bits per heavy atom. The van der Waals surface area contributed by atoms with E-state index in [1.54, 1.807) is 10.9 Å². The fraction of sp³-hybridized carbons (Fsp3) is 0.0909. The van der Waals surface area contributed by atoms with Crippen LogP contribution in [0.1, 0.15) is 5.56 Å². The van der Waals surface area contributed by atoms with Gasteiger partial charge in [0.1, 0.15) is 0 Å². The van der Waals surface area contributed by atoms with E-state index in [0.29, 0.717) is 6.41 Å². The standard InChI is InChI=1S/C11H11N3O/c1-9-6-13-14(7-9)11-4-2-10(3-5-11)12-8-15/h2-8H,1H3,(H,12,15). The quantitative estimate of drug-likeness (QED) is 0.769. The highest BCUT2D eigenvalue weighted by Crippen LogP contribution is 2.12. The summed E-state index contributed by atoms with van der Waals surface area (Å²) in [5.41, 5.74) is 2.86. The van der Waals surface area contributed by atoms with Crippen molar-refractivity contribution >= 4 is 12.1 Å². The van der Waals surface area contributed by atoms with Gasteiger partial charge in [-0.15, -0.1) is 0 Å². The maximum atomic E-state index is 10.2. The van der Waals surface area contributed by atoms with Crippen LogP contribution in [0.5, 0.6) is 0 Å². The predicted molar refractivity (Wildman–Crippen MR) is 58.0 cm³/mol. The van der Waals surface area contributed by atoms with Crippen molar-refractivity contribution in [2.24, 2.45) is 0 Å². The number of hydrogen-bond donors (Lipinski definition) is 1. The van der Waals surface area contributed by atoms with Gasteiger partial charge in [0, 0.05) is 11.9 Å². The summed E-state index contributed by atoms with van der Waals surface area (Å²) < 4.78 is 1.79. The van der Waals surface area contributed by atoms with E-state index < -0.39 is 0 Å². The van der Waals surface area contributed by atoms with E-state index >= 15 is 0 Å². The second-order valence-corrected chi connectivity index (χ2v) is 3.27. The number of rotatable bonds is 3. The third-order valence-electron chi connectivity index (χ3n) is 2.07. The lowest BCUT2D eigenvalue weighted by molar-refractivity contribution is -0.105. The van der Waals surface area contributed by atoms with Crippen LogP contribution in [-0.2, 0) is 4.79 Å². The van der Waals surface area contributed by atoms with Crippen molar-refractivity contribution in [1.82, 2.24) is 9.78 Å². The second-order valence-electron chi connectivity index (χ2n) is 3.27. The molecular weight excluding hydrogens is 190 g/mol. The Bertz CT molecular complexity index is 459. The van der Waals surface area contributed by atoms with Crippen LogP contribution in [0.2, 0.25) is 0 Å². The summed E-state index contributed by atoms with van der Waals surface area (Å²) in [5.74, 6) is 0. The van der Waals surface area contributed by atoms with E-state index in [-0.39, 0.29) is 0 Å². The van der Waals surface area contributed by atoms with Crippen LogP contribution in [0, 0.1) is 6.92 Å². The highest BCUT2D eigenvalue weighted by molar-refractivity contribution is 5.71. The number of aryl methyl sites for hydroxylation is 1. The number of carbonyl (C=O) groups is 1. The molecule has 2 aromatic rings. The second kappa shape index (κ2) is 3.96. The molecule has 1 aromatic carbocycles. The molecule has 76 valence electrons. The van der Waals surface area contributed by atoms with Gasteiger partial charge in [0.15, 0.2) is 0 Å². The van der Waals surface area contributed by atoms with Crippen molar-refractivity contribution in [3.8, 4) is 5.69 Å². The van der Waals surface area contributed by atoms with E-state index in [2.05, 4.69) is 10.4 Å². The van der Waals surface area contributed by atoms with Gasteiger partial charge in [0.05, 0.1) is 11.9 Å². The molecule has 0 bridgehead atoms. The van der Waals surface area contributed by atoms with Gasteiger partial charge >= 0.3 is 0 Å². The Labute approximate surface area is 87.5 Å². The van der Waals surface area contributed by atoms with Crippen LogP contribution in [0.15, 0.2) is 36.7 Å². The zero-order valence-corrected chi connectivity index (χ0v) is 8.34. The van der Waals surface area contributed by atoms with Gasteiger partial charge in [0.25, 0.3) is 0 Å². The van der Waals surface area contributed by atoms with Gasteiger partial charge < -0.3 is 5.32 Å². The molecule has 0 saturated heterocycles. The first-order valence-corrected chi connectivity index (χ1v) is 4.61. The largest absolute Gasteiger partial charge is 0.329 e. The minimum Gasteiger partial charge on any atom is -0.329 e. The molecule has 0 aliphatic carbocycles. The number of carbonyl (C=O) groups excluding carboxylic acids is 1. The summed E-state index contributed by atoms with van der Waals surface area (Å²) in [6.45, 7) is 1.99. The van der Waals surface area contributed by atoms with E-state index in [9.17, 15) is 4.79 Å². The first-order chi connectivity index (χ1) is 7.29. The van der Waals surface area contributed by atoms with Crippen LogP contribution in [0.4, 0.5) is 5.69 Å². The Balaban J connectivity index is 2.27. The molecule has 1 heterocycles. The van der Waals surface area contributed by atoms with Crippen LogP contribution in [-0.4, -0.2) is 16.2 Å². The van der Waals surface area contributed by atoms with Gasteiger partial charge in [-0.2, -0.15) is 5.10 Å². The molecule has 4 heteroatoms. The molecule has 0 spiro atoms. The van der Waals surface area contributed by atoms with Gasteiger partial charge in [-0.3, -0.25) is 4.79 Å². The molecule has 0 aliphatic heterocycles. The number of benzene rings is 1. The number of hydrogen-bond acceptors (Lipinski definition) is 2. The lowest BCUT2D eigenvalue weighted by Gasteiger charge is -2.02. The first-order valence-electron chi connectivity index (χ1n) is 4.61. The third-order valence-corrected chi connectivity index (χ3v) is 2.07. The van der Waals surface area contributed by atoms with Crippen molar-refractivity contribution in [2.75, 3.05) is 5.32 Å². The molecule has 0 unspecified atom stereocenters. The van der Waals surface area contributed by atoms with Gasteiger partial charge in [0.2, 0.25) is 6.41 Å². The molecule has 15 heavy (non-hydrogen) atoms. The average molecular weight is 201 g/mol. The number of amides is 1. The van der Waals surface area contributed by atoms with Gasteiger partial charge in [-0.25, -0.2) is 4.68 Å². The first kappa shape index (κ1) is 9.45. The monoisotopic (exact) mass is 201 g/mol. The zero-order chi connectivity index (χ0) is 10.7. The smallest absolute Gasteiger partial charge is 0.211 e. The zero-order valence-electron chi connectivity index (χ0n) is 8.34. The highest BCUT2D eigenvalue weighted by Gasteiger charge is 1.97. The van der Waals surface area contributed by atoms with E-state index in [0.717, 1.165) is 16.9 Å². The van der Waals surface area contributed by atoms with E-state index in [4.69, 9.17) is 0 Å². The topological polar surface area (TPSA) is 46.9 Å². The summed E-state index contributed by atoms with van der Waals surface area (Å²) in [7, 11) is 0. The van der Waals surface area contributed by atoms with Crippen molar-refractivity contribution in [3.63, 3.8) is 0 Å². The summed E-state index contributed by atoms with van der Waals surface area (Å²) >= 11 is 0. The van der Waals surface area contributed by atoms with Crippen molar-refractivity contribution in [1.29, 1.82) is 0 Å². The Morgan fingerprint density at radius 3 is 2.60 bits per heavy atom. The lowest BCUT2D eigenvalue weighted by atomic mass is 10.3. The average Bonchev–Trinajstić information content (AvgIpc) is 2.67. The lowest BCUT2D eigenvalue weighted by Crippen LogP contribution is -1.96. The summed E-state index contributed by atoms with van der Waals surface area (Å²) in [6, 6.07) is 7.47. The molecule has 1 N–H and O–H groups in total. The third kappa shape index (κ3) is 2.04. The highest BCUT2D eigenvalue weighted by atomic mass is 16.1. The predicted octanol–water partition coefficient (Wildman–Crippen LogP) is 1.75. The molecular formula is C11H11N3O. The molecule has 0 atom stereocenters. The van der Waals surface area contributed by atoms with E-state index in [1.165, 1.54) is 0 Å². The van der Waals surface area contributed by atoms with Crippen LogP contribution in [0.3, 0.4) is 0 Å². The number of aromatic nitrogens is 2. The molecule has 0 radical (unpaired) electrons. The minimum atomic E-state index is 0.660. The summed E-state index contributed by atoms with van der Waals surface area (Å²) in [4.78, 5) is 10.2. The molecule has 2 rings (SSSR count). The van der Waals surface area contributed by atoms with Crippen LogP contribution in [0.25, 0.3) is 5.69 Å². The molecule has 0 fully saturated rings. The Morgan fingerprint density at radius 2 is 2.07 bits per heavy atom. The minimum absolute atomic E-state index is 0.660. The SMILES string of the molecule is Cc1cnn(-c2ccc(NC=O)cc2)c1. The maximum Gasteiger partial charge on any atom is 0.211 e. The normalized spacial score (nSPS) is 9.93. The van der Waals surface area contributed by atoms with Crippen molar-refractivity contribution in [2.45, 2.75) is 6.92 Å². The fourth-order valence-electron chi connectivity index (χ4n) is 1.33. The Hall–Kier alpha value is -2.10. The molecule has 0 aliphatic rings. The molecule has 1 aromatic heterocycles. The summed E-state index contributed by atoms with van der Waals surface area (Å²) in [6.07, 6.45) is 4.41. The molecule has 0 saturated carbocycles. The van der Waals surface area contributed by atoms with Gasteiger partial charge in [-0.1, -0.05) is 0 Å². The Kier molecular flexibility index (Phi) is 2.49. The molecule has 4 nitrogen and oxygen atoms in total. The van der Waals surface area contributed by atoms with Gasteiger partial charge in [-0.05, 0) is 36.8 Å². The van der Waals surface area contributed by atoms with Crippen molar-refractivity contribution < 1.29 is 4.79 Å². The van der Waals surface area contributed by atoms with Crippen LogP contribution >= 0.6 is 0 Å². The molecule has 1 amide bonds. The number of anilines is 1.